The summed E-state index contributed by atoms with van der Waals surface area (Å²) >= 11 is 5.78. The lowest BCUT2D eigenvalue weighted by Crippen LogP contribution is -2.13. The first-order valence-corrected chi connectivity index (χ1v) is 5.02. The van der Waals surface area contributed by atoms with Crippen LogP contribution in [0.2, 0.25) is 5.02 Å². The molecular weight excluding hydrogens is 248 g/mol. The van der Waals surface area contributed by atoms with Crippen LogP contribution < -0.4 is 9.47 Å². The minimum atomic E-state index is -0.557. The van der Waals surface area contributed by atoms with E-state index in [4.69, 9.17) is 21.1 Å². The Kier molecular flexibility index (Phi) is 4.78. The Labute approximate surface area is 103 Å². The van der Waals surface area contributed by atoms with Crippen molar-refractivity contribution in [3.05, 3.63) is 22.7 Å². The molecule has 0 fully saturated rings. The zero-order valence-corrected chi connectivity index (χ0v) is 10.1. The third kappa shape index (κ3) is 3.35. The van der Waals surface area contributed by atoms with Gasteiger partial charge in [0, 0.05) is 11.1 Å². The van der Waals surface area contributed by atoms with E-state index in [1.807, 2.05) is 0 Å². The van der Waals surface area contributed by atoms with Crippen LogP contribution in [0.15, 0.2) is 12.1 Å². The monoisotopic (exact) mass is 258 g/mol. The molecule has 17 heavy (non-hydrogen) atoms. The largest absolute Gasteiger partial charge is 0.493 e. The van der Waals surface area contributed by atoms with Crippen LogP contribution >= 0.6 is 11.6 Å². The van der Waals surface area contributed by atoms with Gasteiger partial charge in [0.1, 0.15) is 0 Å². The molecule has 0 aliphatic carbocycles. The third-order valence-corrected chi connectivity index (χ3v) is 2.18. The van der Waals surface area contributed by atoms with Crippen LogP contribution in [0.25, 0.3) is 0 Å². The number of halogens is 1. The van der Waals surface area contributed by atoms with Crippen molar-refractivity contribution >= 4 is 23.9 Å². The van der Waals surface area contributed by atoms with Crippen LogP contribution in [0.1, 0.15) is 10.4 Å². The van der Waals surface area contributed by atoms with Crippen molar-refractivity contribution in [2.75, 3.05) is 20.8 Å². The van der Waals surface area contributed by atoms with Crippen molar-refractivity contribution in [1.82, 2.24) is 0 Å². The maximum atomic E-state index is 10.9. The molecule has 0 aromatic heterocycles. The lowest BCUT2D eigenvalue weighted by molar-refractivity contribution is -0.142. The number of esters is 1. The Morgan fingerprint density at radius 2 is 2.12 bits per heavy atom. The number of hydrogen-bond donors (Lipinski definition) is 0. The van der Waals surface area contributed by atoms with Gasteiger partial charge in [0.25, 0.3) is 0 Å². The zero-order chi connectivity index (χ0) is 12.8. The number of aldehydes is 1. The number of hydrogen-bond acceptors (Lipinski definition) is 5. The second-order valence-electron chi connectivity index (χ2n) is 3.01. The fourth-order valence-corrected chi connectivity index (χ4v) is 1.39. The summed E-state index contributed by atoms with van der Waals surface area (Å²) in [7, 11) is 2.65. The first-order chi connectivity index (χ1) is 8.12. The average molecular weight is 259 g/mol. The first-order valence-electron chi connectivity index (χ1n) is 4.64. The lowest BCUT2D eigenvalue weighted by atomic mass is 10.2. The molecule has 0 saturated heterocycles. The van der Waals surface area contributed by atoms with E-state index in [0.29, 0.717) is 11.3 Å². The van der Waals surface area contributed by atoms with Crippen LogP contribution in [0.5, 0.6) is 11.5 Å². The summed E-state index contributed by atoms with van der Waals surface area (Å²) < 4.78 is 14.6. The number of methoxy groups -OCH3 is 2. The van der Waals surface area contributed by atoms with Crippen molar-refractivity contribution < 1.29 is 23.8 Å². The van der Waals surface area contributed by atoms with Crippen LogP contribution in [0.3, 0.4) is 0 Å². The predicted octanol–water partition coefficient (Wildman–Crippen LogP) is 1.71. The van der Waals surface area contributed by atoms with Gasteiger partial charge in [0.2, 0.25) is 0 Å². The summed E-state index contributed by atoms with van der Waals surface area (Å²) in [6, 6.07) is 2.91. The summed E-state index contributed by atoms with van der Waals surface area (Å²) in [5.41, 5.74) is 0.207. The van der Waals surface area contributed by atoms with Gasteiger partial charge in [-0.05, 0) is 6.07 Å². The van der Waals surface area contributed by atoms with E-state index >= 15 is 0 Å². The topological polar surface area (TPSA) is 61.8 Å². The normalized spacial score (nSPS) is 9.59. The fourth-order valence-electron chi connectivity index (χ4n) is 1.17. The Balaban J connectivity index is 3.02. The number of ether oxygens (including phenoxy) is 3. The lowest BCUT2D eigenvalue weighted by Gasteiger charge is -2.12. The first kappa shape index (κ1) is 13.3. The average Bonchev–Trinajstić information content (AvgIpc) is 2.35. The van der Waals surface area contributed by atoms with E-state index in [0.717, 1.165) is 0 Å². The van der Waals surface area contributed by atoms with Crippen molar-refractivity contribution in [3.63, 3.8) is 0 Å². The fraction of sp³-hybridized carbons (Fsp3) is 0.273. The van der Waals surface area contributed by atoms with Crippen molar-refractivity contribution in [3.8, 4) is 11.5 Å². The highest BCUT2D eigenvalue weighted by molar-refractivity contribution is 6.31. The summed E-state index contributed by atoms with van der Waals surface area (Å²) in [6.07, 6.45) is 0.570. The molecule has 0 heterocycles. The van der Waals surface area contributed by atoms with E-state index in [1.165, 1.54) is 26.4 Å². The highest BCUT2D eigenvalue weighted by Crippen LogP contribution is 2.33. The molecule has 0 spiro atoms. The number of carbonyl (C=O) groups is 2. The molecule has 0 amide bonds. The number of rotatable bonds is 5. The molecule has 1 aromatic rings. The van der Waals surface area contributed by atoms with Gasteiger partial charge in [-0.1, -0.05) is 11.6 Å². The van der Waals surface area contributed by atoms with Gasteiger partial charge in [0.05, 0.1) is 19.8 Å². The summed E-state index contributed by atoms with van der Waals surface area (Å²) in [6.45, 7) is -0.310. The van der Waals surface area contributed by atoms with E-state index in [-0.39, 0.29) is 23.7 Å². The molecule has 1 rings (SSSR count). The molecule has 0 radical (unpaired) electrons. The Morgan fingerprint density at radius 1 is 1.41 bits per heavy atom. The standard InChI is InChI=1S/C11H11ClO5/c1-15-9-4-8(12)3-7(5-13)11(9)17-6-10(14)16-2/h3-5H,6H2,1-2H3. The second-order valence-corrected chi connectivity index (χ2v) is 3.45. The van der Waals surface area contributed by atoms with Gasteiger partial charge in [-0.3, -0.25) is 4.79 Å². The second kappa shape index (κ2) is 6.10. The summed E-state index contributed by atoms with van der Waals surface area (Å²) in [5.74, 6) is -0.111. The van der Waals surface area contributed by atoms with E-state index in [2.05, 4.69) is 4.74 Å². The van der Waals surface area contributed by atoms with Crippen molar-refractivity contribution in [2.45, 2.75) is 0 Å². The van der Waals surface area contributed by atoms with Gasteiger partial charge in [-0.15, -0.1) is 0 Å². The molecular formula is C11H11ClO5. The maximum Gasteiger partial charge on any atom is 0.343 e. The van der Waals surface area contributed by atoms with Gasteiger partial charge >= 0.3 is 5.97 Å². The van der Waals surface area contributed by atoms with Gasteiger partial charge < -0.3 is 14.2 Å². The van der Waals surface area contributed by atoms with Crippen LogP contribution in [0.4, 0.5) is 0 Å². The SMILES string of the molecule is COC(=O)COc1c(C=O)cc(Cl)cc1OC. The highest BCUT2D eigenvalue weighted by atomic mass is 35.5. The third-order valence-electron chi connectivity index (χ3n) is 1.96. The molecule has 6 heteroatoms. The highest BCUT2D eigenvalue weighted by Gasteiger charge is 2.14. The quantitative estimate of drug-likeness (QED) is 0.594. The van der Waals surface area contributed by atoms with Crippen molar-refractivity contribution in [2.24, 2.45) is 0 Å². The Hall–Kier alpha value is -1.75. The van der Waals surface area contributed by atoms with Gasteiger partial charge in [-0.2, -0.15) is 0 Å². The van der Waals surface area contributed by atoms with E-state index < -0.39 is 5.97 Å². The molecule has 1 aromatic carbocycles. The van der Waals surface area contributed by atoms with Gasteiger partial charge in [-0.25, -0.2) is 4.79 Å². The molecule has 92 valence electrons. The van der Waals surface area contributed by atoms with E-state index in [1.54, 1.807) is 0 Å². The Bertz CT molecular complexity index is 430. The van der Waals surface area contributed by atoms with Crippen molar-refractivity contribution in [1.29, 1.82) is 0 Å². The molecule has 0 saturated carbocycles. The smallest absolute Gasteiger partial charge is 0.343 e. The Morgan fingerprint density at radius 3 is 2.65 bits per heavy atom. The minimum absolute atomic E-state index is 0.164. The predicted molar refractivity (Wildman–Crippen MR) is 60.9 cm³/mol. The number of carbonyl (C=O) groups excluding carboxylic acids is 2. The molecule has 5 nitrogen and oxygen atoms in total. The molecule has 0 aliphatic heterocycles. The maximum absolute atomic E-state index is 10.9. The van der Waals surface area contributed by atoms with Crippen LogP contribution in [0, 0.1) is 0 Å². The molecule has 0 bridgehead atoms. The minimum Gasteiger partial charge on any atom is -0.493 e. The zero-order valence-electron chi connectivity index (χ0n) is 9.36. The number of benzene rings is 1. The van der Waals surface area contributed by atoms with Crippen LogP contribution in [-0.4, -0.2) is 33.1 Å². The molecule has 0 atom stereocenters. The molecule has 0 N–H and O–H groups in total. The summed E-state index contributed by atoms with van der Waals surface area (Å²) in [4.78, 5) is 21.8. The molecule has 0 aliphatic rings. The van der Waals surface area contributed by atoms with Crippen LogP contribution in [-0.2, 0) is 9.53 Å². The summed E-state index contributed by atoms with van der Waals surface area (Å²) in [5, 5.41) is 0.342. The van der Waals surface area contributed by atoms with E-state index in [9.17, 15) is 9.59 Å². The van der Waals surface area contributed by atoms with Gasteiger partial charge in [0.15, 0.2) is 24.4 Å². The molecule has 0 unspecified atom stereocenters.